The lowest BCUT2D eigenvalue weighted by Gasteiger charge is -1.96. The number of hydrogen-bond donors (Lipinski definition) is 1. The molecule has 3 heteroatoms. The molecule has 0 aliphatic carbocycles. The second kappa shape index (κ2) is 2.76. The van der Waals surface area contributed by atoms with Crippen molar-refractivity contribution in [3.63, 3.8) is 0 Å². The highest BCUT2D eigenvalue weighted by Crippen LogP contribution is 2.20. The van der Waals surface area contributed by atoms with Gasteiger partial charge < -0.3 is 5.73 Å². The van der Waals surface area contributed by atoms with Crippen LogP contribution in [-0.2, 0) is 13.5 Å². The van der Waals surface area contributed by atoms with Crippen LogP contribution in [0.3, 0.4) is 0 Å². The second-order valence-electron chi connectivity index (χ2n) is 3.20. The van der Waals surface area contributed by atoms with Gasteiger partial charge in [-0.3, -0.25) is 4.68 Å². The summed E-state index contributed by atoms with van der Waals surface area (Å²) in [6, 6.07) is 5.87. The maximum absolute atomic E-state index is 5.68. The molecule has 0 radical (unpaired) electrons. The van der Waals surface area contributed by atoms with E-state index in [1.165, 1.54) is 11.1 Å². The Balaban J connectivity index is 2.79. The quantitative estimate of drug-likeness (QED) is 0.670. The first kappa shape index (κ1) is 8.10. The van der Waals surface area contributed by atoms with Crippen LogP contribution >= 0.6 is 0 Å². The van der Waals surface area contributed by atoms with E-state index in [1.807, 2.05) is 29.9 Å². The normalized spacial score (nSPS) is 10.9. The van der Waals surface area contributed by atoms with Crippen LogP contribution in [0, 0.1) is 0 Å². The number of benzene rings is 1. The van der Waals surface area contributed by atoms with Gasteiger partial charge in [-0.2, -0.15) is 5.10 Å². The van der Waals surface area contributed by atoms with E-state index in [-0.39, 0.29) is 0 Å². The summed E-state index contributed by atoms with van der Waals surface area (Å²) < 4.78 is 1.92. The van der Waals surface area contributed by atoms with E-state index in [0.29, 0.717) is 0 Å². The molecule has 0 spiro atoms. The first-order chi connectivity index (χ1) is 6.22. The van der Waals surface area contributed by atoms with Crippen molar-refractivity contribution in [2.24, 2.45) is 7.05 Å². The Kier molecular flexibility index (Phi) is 1.72. The predicted octanol–water partition coefficient (Wildman–Crippen LogP) is 1.72. The summed E-state index contributed by atoms with van der Waals surface area (Å²) >= 11 is 0. The minimum atomic E-state index is 0.772. The fraction of sp³-hybridized carbons (Fsp3) is 0.300. The minimum Gasteiger partial charge on any atom is -0.399 e. The number of hydrogen-bond acceptors (Lipinski definition) is 2. The third kappa shape index (κ3) is 1.16. The minimum absolute atomic E-state index is 0.772. The van der Waals surface area contributed by atoms with Crippen LogP contribution < -0.4 is 5.73 Å². The molecule has 0 bridgehead atoms. The van der Waals surface area contributed by atoms with Gasteiger partial charge >= 0.3 is 0 Å². The molecule has 0 atom stereocenters. The molecule has 0 amide bonds. The van der Waals surface area contributed by atoms with Gasteiger partial charge in [0.1, 0.15) is 0 Å². The lowest BCUT2D eigenvalue weighted by molar-refractivity contribution is 0.728. The van der Waals surface area contributed by atoms with Gasteiger partial charge in [-0.1, -0.05) is 6.92 Å². The zero-order valence-electron chi connectivity index (χ0n) is 7.91. The topological polar surface area (TPSA) is 43.8 Å². The molecule has 13 heavy (non-hydrogen) atoms. The van der Waals surface area contributed by atoms with Gasteiger partial charge in [0.05, 0.1) is 5.52 Å². The van der Waals surface area contributed by atoms with Crippen LogP contribution in [-0.4, -0.2) is 9.78 Å². The Morgan fingerprint density at radius 2 is 2.23 bits per heavy atom. The fourth-order valence-corrected chi connectivity index (χ4v) is 1.69. The van der Waals surface area contributed by atoms with E-state index in [4.69, 9.17) is 5.73 Å². The van der Waals surface area contributed by atoms with E-state index in [1.54, 1.807) is 0 Å². The SMILES string of the molecule is CCc1c2ccc(N)cc2nn1C. The summed E-state index contributed by atoms with van der Waals surface area (Å²) in [5.74, 6) is 0. The van der Waals surface area contributed by atoms with Crippen molar-refractivity contribution in [1.82, 2.24) is 9.78 Å². The highest BCUT2D eigenvalue weighted by Gasteiger charge is 2.05. The first-order valence-corrected chi connectivity index (χ1v) is 4.43. The molecule has 2 rings (SSSR count). The number of aryl methyl sites for hydroxylation is 2. The van der Waals surface area contributed by atoms with Gasteiger partial charge in [0.15, 0.2) is 0 Å². The van der Waals surface area contributed by atoms with Crippen LogP contribution in [0.1, 0.15) is 12.6 Å². The smallest absolute Gasteiger partial charge is 0.0946 e. The monoisotopic (exact) mass is 175 g/mol. The van der Waals surface area contributed by atoms with Crippen molar-refractivity contribution in [3.8, 4) is 0 Å². The van der Waals surface area contributed by atoms with Crippen LogP contribution in [0.4, 0.5) is 5.69 Å². The maximum Gasteiger partial charge on any atom is 0.0946 e. The number of fused-ring (bicyclic) bond motifs is 1. The summed E-state index contributed by atoms with van der Waals surface area (Å²) in [6.07, 6.45) is 0.997. The average molecular weight is 175 g/mol. The molecule has 2 aromatic rings. The average Bonchev–Trinajstić information content (AvgIpc) is 2.39. The van der Waals surface area contributed by atoms with E-state index in [0.717, 1.165) is 17.6 Å². The number of nitrogens with two attached hydrogens (primary N) is 1. The highest BCUT2D eigenvalue weighted by molar-refractivity contribution is 5.84. The van der Waals surface area contributed by atoms with Crippen LogP contribution in [0.15, 0.2) is 18.2 Å². The van der Waals surface area contributed by atoms with Gasteiger partial charge in [0.25, 0.3) is 0 Å². The largest absolute Gasteiger partial charge is 0.399 e. The van der Waals surface area contributed by atoms with Gasteiger partial charge in [0.2, 0.25) is 0 Å². The van der Waals surface area contributed by atoms with Crippen molar-refractivity contribution in [2.75, 3.05) is 5.73 Å². The molecule has 0 saturated carbocycles. The zero-order chi connectivity index (χ0) is 9.42. The second-order valence-corrected chi connectivity index (χ2v) is 3.20. The standard InChI is InChI=1S/C10H13N3/c1-3-10-8-5-4-7(11)6-9(8)12-13(10)2/h4-6H,3,11H2,1-2H3. The lowest BCUT2D eigenvalue weighted by atomic mass is 10.1. The molecule has 0 unspecified atom stereocenters. The third-order valence-corrected chi connectivity index (χ3v) is 2.32. The van der Waals surface area contributed by atoms with E-state index in [9.17, 15) is 0 Å². The Hall–Kier alpha value is -1.51. The van der Waals surface area contributed by atoms with E-state index in [2.05, 4.69) is 12.0 Å². The van der Waals surface area contributed by atoms with E-state index < -0.39 is 0 Å². The number of nitrogens with zero attached hydrogens (tertiary/aromatic N) is 2. The number of aromatic nitrogens is 2. The molecule has 0 aliphatic heterocycles. The van der Waals surface area contributed by atoms with Crippen LogP contribution in [0.5, 0.6) is 0 Å². The van der Waals surface area contributed by atoms with Gasteiger partial charge in [-0.25, -0.2) is 0 Å². The zero-order valence-corrected chi connectivity index (χ0v) is 7.91. The summed E-state index contributed by atoms with van der Waals surface area (Å²) in [7, 11) is 1.97. The molecule has 2 N–H and O–H groups in total. The molecule has 1 aromatic carbocycles. The molecule has 3 nitrogen and oxygen atoms in total. The maximum atomic E-state index is 5.68. The molecule has 1 aromatic heterocycles. The van der Waals surface area contributed by atoms with Crippen molar-refractivity contribution in [2.45, 2.75) is 13.3 Å². The molecular weight excluding hydrogens is 162 g/mol. The van der Waals surface area contributed by atoms with Crippen molar-refractivity contribution < 1.29 is 0 Å². The number of nitrogen functional groups attached to an aromatic ring is 1. The first-order valence-electron chi connectivity index (χ1n) is 4.43. The van der Waals surface area contributed by atoms with E-state index >= 15 is 0 Å². The van der Waals surface area contributed by atoms with Crippen LogP contribution in [0.25, 0.3) is 10.9 Å². The number of anilines is 1. The summed E-state index contributed by atoms with van der Waals surface area (Å²) in [4.78, 5) is 0. The summed E-state index contributed by atoms with van der Waals surface area (Å²) in [6.45, 7) is 2.13. The molecule has 1 heterocycles. The van der Waals surface area contributed by atoms with Gasteiger partial charge in [-0.15, -0.1) is 0 Å². The van der Waals surface area contributed by atoms with Crippen molar-refractivity contribution in [3.05, 3.63) is 23.9 Å². The third-order valence-electron chi connectivity index (χ3n) is 2.32. The highest BCUT2D eigenvalue weighted by atomic mass is 15.3. The summed E-state index contributed by atoms with van der Waals surface area (Å²) in [5.41, 5.74) is 8.69. The predicted molar refractivity (Wildman–Crippen MR) is 54.5 cm³/mol. The Morgan fingerprint density at radius 1 is 1.46 bits per heavy atom. The van der Waals surface area contributed by atoms with Gasteiger partial charge in [-0.05, 0) is 24.6 Å². The number of rotatable bonds is 1. The summed E-state index contributed by atoms with van der Waals surface area (Å²) in [5, 5.41) is 5.59. The molecular formula is C10H13N3. The molecule has 68 valence electrons. The van der Waals surface area contributed by atoms with Crippen molar-refractivity contribution in [1.29, 1.82) is 0 Å². The molecule has 0 saturated heterocycles. The molecule has 0 aliphatic rings. The van der Waals surface area contributed by atoms with Crippen molar-refractivity contribution >= 4 is 16.6 Å². The Bertz CT molecular complexity index is 443. The van der Waals surface area contributed by atoms with Gasteiger partial charge in [0, 0.05) is 23.8 Å². The Labute approximate surface area is 77.2 Å². The van der Waals surface area contributed by atoms with Crippen LogP contribution in [0.2, 0.25) is 0 Å². The Morgan fingerprint density at radius 3 is 2.92 bits per heavy atom. The lowest BCUT2D eigenvalue weighted by Crippen LogP contribution is -1.95. The molecule has 0 fully saturated rings. The fourth-order valence-electron chi connectivity index (χ4n) is 1.69.